The molecule has 1 nitrogen and oxygen atoms in total. The molecule has 0 aliphatic rings. The minimum atomic E-state index is -0.266. The van der Waals surface area contributed by atoms with Gasteiger partial charge in [-0.3, -0.25) is 0 Å². The van der Waals surface area contributed by atoms with E-state index in [2.05, 4.69) is 19.2 Å². The van der Waals surface area contributed by atoms with Crippen molar-refractivity contribution in [1.82, 2.24) is 5.32 Å². The van der Waals surface area contributed by atoms with Crippen molar-refractivity contribution in [2.24, 2.45) is 5.92 Å². The van der Waals surface area contributed by atoms with Gasteiger partial charge in [-0.2, -0.15) is 0 Å². The fourth-order valence-electron chi connectivity index (χ4n) is 2.30. The first-order valence-electron chi connectivity index (χ1n) is 6.20. The Bertz CT molecular complexity index is 354. The third-order valence-corrected chi connectivity index (χ3v) is 3.53. The SMILES string of the molecule is CCCC(C)C(CNC)c1cccc(Cl)c1F. The molecule has 2 atom stereocenters. The molecule has 1 N–H and O–H groups in total. The van der Waals surface area contributed by atoms with Crippen LogP contribution in [0.3, 0.4) is 0 Å². The lowest BCUT2D eigenvalue weighted by molar-refractivity contribution is 0.401. The molecule has 0 amide bonds. The Hall–Kier alpha value is -0.600. The second-order valence-electron chi connectivity index (χ2n) is 4.57. The molecule has 0 radical (unpaired) electrons. The van der Waals surface area contributed by atoms with Gasteiger partial charge in [0.05, 0.1) is 5.02 Å². The number of likely N-dealkylation sites (N-methyl/N-ethyl adjacent to an activating group) is 1. The van der Waals surface area contributed by atoms with E-state index in [9.17, 15) is 4.39 Å². The number of benzene rings is 1. The van der Waals surface area contributed by atoms with Gasteiger partial charge in [0.15, 0.2) is 0 Å². The highest BCUT2D eigenvalue weighted by molar-refractivity contribution is 6.30. The number of halogens is 2. The molecule has 0 fully saturated rings. The van der Waals surface area contributed by atoms with Gasteiger partial charge in [0.2, 0.25) is 0 Å². The molecule has 0 aliphatic carbocycles. The van der Waals surface area contributed by atoms with Crippen molar-refractivity contribution < 1.29 is 4.39 Å². The first-order valence-corrected chi connectivity index (χ1v) is 6.58. The van der Waals surface area contributed by atoms with Crippen molar-refractivity contribution in [2.75, 3.05) is 13.6 Å². The average Bonchev–Trinajstić information content (AvgIpc) is 2.30. The Balaban J connectivity index is 3.00. The van der Waals surface area contributed by atoms with Gasteiger partial charge in [-0.15, -0.1) is 0 Å². The van der Waals surface area contributed by atoms with Crippen LogP contribution in [0.2, 0.25) is 5.02 Å². The van der Waals surface area contributed by atoms with E-state index in [1.165, 1.54) is 0 Å². The first-order chi connectivity index (χ1) is 8.11. The highest BCUT2D eigenvalue weighted by Crippen LogP contribution is 2.31. The van der Waals surface area contributed by atoms with E-state index in [0.29, 0.717) is 5.92 Å². The fourth-order valence-corrected chi connectivity index (χ4v) is 2.48. The molecule has 3 heteroatoms. The summed E-state index contributed by atoms with van der Waals surface area (Å²) < 4.78 is 14.0. The second kappa shape index (κ2) is 6.97. The van der Waals surface area contributed by atoms with Gasteiger partial charge in [0.1, 0.15) is 5.82 Å². The molecule has 0 bridgehead atoms. The summed E-state index contributed by atoms with van der Waals surface area (Å²) >= 11 is 5.84. The molecular weight excluding hydrogens is 237 g/mol. The minimum absolute atomic E-state index is 0.179. The van der Waals surface area contributed by atoms with Gasteiger partial charge in [-0.05, 0) is 24.6 Å². The quantitative estimate of drug-likeness (QED) is 0.805. The van der Waals surface area contributed by atoms with Crippen molar-refractivity contribution in [3.8, 4) is 0 Å². The summed E-state index contributed by atoms with van der Waals surface area (Å²) in [6, 6.07) is 5.26. The van der Waals surface area contributed by atoms with E-state index < -0.39 is 0 Å². The second-order valence-corrected chi connectivity index (χ2v) is 4.98. The van der Waals surface area contributed by atoms with Gasteiger partial charge >= 0.3 is 0 Å². The van der Waals surface area contributed by atoms with Crippen molar-refractivity contribution in [3.05, 3.63) is 34.6 Å². The van der Waals surface area contributed by atoms with Crippen LogP contribution in [0.4, 0.5) is 4.39 Å². The van der Waals surface area contributed by atoms with Gasteiger partial charge < -0.3 is 5.32 Å². The molecule has 0 spiro atoms. The summed E-state index contributed by atoms with van der Waals surface area (Å²) in [6.07, 6.45) is 2.21. The first kappa shape index (κ1) is 14.5. The third-order valence-electron chi connectivity index (χ3n) is 3.24. The lowest BCUT2D eigenvalue weighted by Gasteiger charge is -2.24. The van der Waals surface area contributed by atoms with E-state index >= 15 is 0 Å². The summed E-state index contributed by atoms with van der Waals surface area (Å²) in [4.78, 5) is 0. The Morgan fingerprint density at radius 3 is 2.71 bits per heavy atom. The molecule has 0 saturated carbocycles. The molecule has 2 unspecified atom stereocenters. The number of hydrogen-bond donors (Lipinski definition) is 1. The monoisotopic (exact) mass is 257 g/mol. The Morgan fingerprint density at radius 2 is 2.12 bits per heavy atom. The van der Waals surface area contributed by atoms with Gasteiger partial charge in [-0.25, -0.2) is 4.39 Å². The van der Waals surface area contributed by atoms with Gasteiger partial charge in [0.25, 0.3) is 0 Å². The van der Waals surface area contributed by atoms with Crippen molar-refractivity contribution in [3.63, 3.8) is 0 Å². The number of nitrogens with one attached hydrogen (secondary N) is 1. The summed E-state index contributed by atoms with van der Waals surface area (Å²) in [5, 5.41) is 3.36. The van der Waals surface area contributed by atoms with Crippen LogP contribution < -0.4 is 5.32 Å². The molecule has 1 rings (SSSR count). The Labute approximate surface area is 108 Å². The maximum atomic E-state index is 14.0. The fraction of sp³-hybridized carbons (Fsp3) is 0.571. The Kier molecular flexibility index (Phi) is 5.93. The zero-order valence-corrected chi connectivity index (χ0v) is 11.5. The van der Waals surface area contributed by atoms with Gasteiger partial charge in [0, 0.05) is 12.5 Å². The minimum Gasteiger partial charge on any atom is -0.319 e. The van der Waals surface area contributed by atoms with Crippen molar-refractivity contribution in [1.29, 1.82) is 0 Å². The molecule has 1 aromatic carbocycles. The molecule has 96 valence electrons. The van der Waals surface area contributed by atoms with Crippen LogP contribution in [-0.2, 0) is 0 Å². The molecule has 17 heavy (non-hydrogen) atoms. The maximum Gasteiger partial charge on any atom is 0.145 e. The van der Waals surface area contributed by atoms with Crippen molar-refractivity contribution in [2.45, 2.75) is 32.6 Å². The summed E-state index contributed by atoms with van der Waals surface area (Å²) in [5.74, 6) is 0.358. The van der Waals surface area contributed by atoms with Crippen LogP contribution in [0, 0.1) is 11.7 Å². The number of rotatable bonds is 6. The summed E-state index contributed by atoms with van der Waals surface area (Å²) in [7, 11) is 1.90. The smallest absolute Gasteiger partial charge is 0.145 e. The van der Waals surface area contributed by atoms with E-state index in [-0.39, 0.29) is 16.8 Å². The topological polar surface area (TPSA) is 12.0 Å². The standard InChI is InChI=1S/C14H21ClFN/c1-4-6-10(2)12(9-17-3)11-7-5-8-13(15)14(11)16/h5,7-8,10,12,17H,4,6,9H2,1-3H3. The van der Waals surface area contributed by atoms with E-state index in [1.807, 2.05) is 19.2 Å². The van der Waals surface area contributed by atoms with Crippen LogP contribution in [0.5, 0.6) is 0 Å². The van der Waals surface area contributed by atoms with E-state index in [4.69, 9.17) is 11.6 Å². The highest BCUT2D eigenvalue weighted by atomic mass is 35.5. The van der Waals surface area contributed by atoms with Crippen LogP contribution in [0.15, 0.2) is 18.2 Å². The van der Waals surface area contributed by atoms with Crippen LogP contribution in [-0.4, -0.2) is 13.6 Å². The lowest BCUT2D eigenvalue weighted by atomic mass is 9.84. The molecule has 0 aliphatic heterocycles. The van der Waals surface area contributed by atoms with Crippen molar-refractivity contribution >= 4 is 11.6 Å². The molecule has 0 aromatic heterocycles. The predicted molar refractivity (Wildman–Crippen MR) is 72.1 cm³/mol. The van der Waals surface area contributed by atoms with E-state index in [1.54, 1.807) is 6.07 Å². The largest absolute Gasteiger partial charge is 0.319 e. The zero-order valence-electron chi connectivity index (χ0n) is 10.8. The van der Waals surface area contributed by atoms with Crippen LogP contribution in [0.25, 0.3) is 0 Å². The van der Waals surface area contributed by atoms with Crippen LogP contribution in [0.1, 0.15) is 38.2 Å². The normalized spacial score (nSPS) is 14.6. The summed E-state index contributed by atoms with van der Waals surface area (Å²) in [5.41, 5.74) is 0.729. The average molecular weight is 258 g/mol. The third kappa shape index (κ3) is 3.68. The lowest BCUT2D eigenvalue weighted by Crippen LogP contribution is -2.23. The van der Waals surface area contributed by atoms with E-state index in [0.717, 1.165) is 24.9 Å². The summed E-state index contributed by atoms with van der Waals surface area (Å²) in [6.45, 7) is 5.10. The maximum absolute atomic E-state index is 14.0. The zero-order chi connectivity index (χ0) is 12.8. The molecule has 0 saturated heterocycles. The molecular formula is C14H21ClFN. The molecule has 0 heterocycles. The van der Waals surface area contributed by atoms with Crippen LogP contribution >= 0.6 is 11.6 Å². The number of hydrogen-bond acceptors (Lipinski definition) is 1. The predicted octanol–water partition coefficient (Wildman–Crippen LogP) is 4.22. The van der Waals surface area contributed by atoms with Gasteiger partial charge in [-0.1, -0.05) is 50.4 Å². The molecule has 1 aromatic rings. The highest BCUT2D eigenvalue weighted by Gasteiger charge is 2.22. The Morgan fingerprint density at radius 1 is 1.41 bits per heavy atom.